The Hall–Kier alpha value is -3.95. The fourth-order valence-corrected chi connectivity index (χ4v) is 4.79. The molecule has 0 bridgehead atoms. The van der Waals surface area contributed by atoms with E-state index in [4.69, 9.17) is 5.73 Å². The number of hydrogen-bond acceptors (Lipinski definition) is 6. The molecule has 2 atom stereocenters. The standard InChI is InChI=1S/C28H28N2O6S/c29-28(27(35)36,17-16-24(31)32)30(23-14-8-3-9-15-23)25(33)22(18-20-10-4-1-5-11-20)19-37-26(34)21-12-6-2-7-13-21/h1-15,22H,16-19,29H2,(H,31,32)(H,35,36). The molecule has 3 aromatic carbocycles. The van der Waals surface area contributed by atoms with E-state index in [2.05, 4.69) is 0 Å². The Labute approximate surface area is 219 Å². The van der Waals surface area contributed by atoms with Crippen molar-refractivity contribution in [2.24, 2.45) is 11.7 Å². The Bertz CT molecular complexity index is 1220. The zero-order valence-electron chi connectivity index (χ0n) is 20.0. The van der Waals surface area contributed by atoms with Crippen molar-refractivity contribution in [2.45, 2.75) is 24.9 Å². The predicted molar refractivity (Wildman–Crippen MR) is 142 cm³/mol. The molecule has 0 radical (unpaired) electrons. The van der Waals surface area contributed by atoms with E-state index in [0.717, 1.165) is 22.2 Å². The van der Waals surface area contributed by atoms with Gasteiger partial charge in [0.2, 0.25) is 11.0 Å². The van der Waals surface area contributed by atoms with E-state index in [1.54, 1.807) is 60.7 Å². The highest BCUT2D eigenvalue weighted by Crippen LogP contribution is 2.30. The van der Waals surface area contributed by atoms with E-state index in [-0.39, 0.29) is 23.0 Å². The summed E-state index contributed by atoms with van der Waals surface area (Å²) >= 11 is 0.966. The first-order chi connectivity index (χ1) is 17.7. The SMILES string of the molecule is NC(CCC(=O)O)(C(=O)O)N(C(=O)C(CSC(=O)c1ccccc1)Cc1ccccc1)c1ccccc1. The molecule has 0 saturated heterocycles. The maximum atomic E-state index is 14.1. The van der Waals surface area contributed by atoms with Crippen LogP contribution in [0.15, 0.2) is 91.0 Å². The smallest absolute Gasteiger partial charge is 0.345 e. The highest BCUT2D eigenvalue weighted by Gasteiger charge is 2.46. The molecule has 2 unspecified atom stereocenters. The van der Waals surface area contributed by atoms with Crippen LogP contribution in [-0.2, 0) is 20.8 Å². The lowest BCUT2D eigenvalue weighted by molar-refractivity contribution is -0.146. The summed E-state index contributed by atoms with van der Waals surface area (Å²) in [6.07, 6.45) is -0.830. The number of nitrogens with two attached hydrogens (primary N) is 1. The Morgan fingerprint density at radius 1 is 0.838 bits per heavy atom. The molecular formula is C28H28N2O6S. The van der Waals surface area contributed by atoms with Crippen LogP contribution in [-0.4, -0.2) is 44.6 Å². The third kappa shape index (κ3) is 7.28. The van der Waals surface area contributed by atoms with Gasteiger partial charge in [0.25, 0.3) is 0 Å². The van der Waals surface area contributed by atoms with Gasteiger partial charge in [-0.1, -0.05) is 90.6 Å². The number of hydrogen-bond donors (Lipinski definition) is 3. The van der Waals surface area contributed by atoms with Crippen molar-refractivity contribution in [1.29, 1.82) is 0 Å². The van der Waals surface area contributed by atoms with Gasteiger partial charge in [0.15, 0.2) is 5.66 Å². The van der Waals surface area contributed by atoms with Gasteiger partial charge in [-0.2, -0.15) is 0 Å². The minimum atomic E-state index is -2.32. The third-order valence-corrected chi connectivity index (χ3v) is 6.89. The summed E-state index contributed by atoms with van der Waals surface area (Å²) in [5, 5.41) is 19.1. The van der Waals surface area contributed by atoms with Gasteiger partial charge in [0, 0.05) is 29.8 Å². The molecule has 4 N–H and O–H groups in total. The zero-order chi connectivity index (χ0) is 26.8. The van der Waals surface area contributed by atoms with Gasteiger partial charge < -0.3 is 10.2 Å². The summed E-state index contributed by atoms with van der Waals surface area (Å²) in [5.41, 5.74) is 5.52. The van der Waals surface area contributed by atoms with Crippen molar-refractivity contribution in [3.8, 4) is 0 Å². The summed E-state index contributed by atoms with van der Waals surface area (Å²) < 4.78 is 0. The molecule has 9 heteroatoms. The van der Waals surface area contributed by atoms with Crippen LogP contribution in [0.4, 0.5) is 5.69 Å². The van der Waals surface area contributed by atoms with E-state index in [1.165, 1.54) is 0 Å². The maximum Gasteiger partial charge on any atom is 0.345 e. The molecule has 0 heterocycles. The largest absolute Gasteiger partial charge is 0.481 e. The van der Waals surface area contributed by atoms with Crippen LogP contribution in [0.1, 0.15) is 28.8 Å². The van der Waals surface area contributed by atoms with Gasteiger partial charge in [-0.25, -0.2) is 4.79 Å². The predicted octanol–water partition coefficient (Wildman–Crippen LogP) is 4.06. The van der Waals surface area contributed by atoms with Gasteiger partial charge in [0.1, 0.15) is 0 Å². The molecule has 1 amide bonds. The number of rotatable bonds is 12. The number of benzene rings is 3. The van der Waals surface area contributed by atoms with Crippen molar-refractivity contribution in [3.05, 3.63) is 102 Å². The van der Waals surface area contributed by atoms with Gasteiger partial charge in [-0.05, 0) is 24.1 Å². The fourth-order valence-electron chi connectivity index (χ4n) is 3.88. The molecule has 0 fully saturated rings. The molecule has 8 nitrogen and oxygen atoms in total. The van der Waals surface area contributed by atoms with Gasteiger partial charge in [-0.15, -0.1) is 0 Å². The molecule has 192 valence electrons. The van der Waals surface area contributed by atoms with Crippen LogP contribution in [0.2, 0.25) is 0 Å². The highest BCUT2D eigenvalue weighted by molar-refractivity contribution is 8.14. The third-order valence-electron chi connectivity index (χ3n) is 5.82. The molecule has 0 aromatic heterocycles. The molecule has 0 aliphatic heterocycles. The fraction of sp³-hybridized carbons (Fsp3) is 0.214. The quantitative estimate of drug-likeness (QED) is 0.304. The molecule has 0 spiro atoms. The number of para-hydroxylation sites is 1. The monoisotopic (exact) mass is 520 g/mol. The summed E-state index contributed by atoms with van der Waals surface area (Å²) in [6, 6.07) is 25.9. The average molecular weight is 521 g/mol. The number of nitrogens with zero attached hydrogens (tertiary/aromatic N) is 1. The number of carbonyl (C=O) groups is 4. The average Bonchev–Trinajstić information content (AvgIpc) is 2.91. The lowest BCUT2D eigenvalue weighted by Crippen LogP contribution is -2.65. The Morgan fingerprint density at radius 3 is 1.92 bits per heavy atom. The maximum absolute atomic E-state index is 14.1. The number of aliphatic carboxylic acids is 2. The van der Waals surface area contributed by atoms with Crippen LogP contribution in [0.25, 0.3) is 0 Å². The number of carboxylic acids is 2. The number of thioether (sulfide) groups is 1. The van der Waals surface area contributed by atoms with Crippen molar-refractivity contribution < 1.29 is 29.4 Å². The van der Waals surface area contributed by atoms with Crippen LogP contribution in [0.5, 0.6) is 0 Å². The second-order valence-corrected chi connectivity index (χ2v) is 9.48. The summed E-state index contributed by atoms with van der Waals surface area (Å²) in [5.74, 6) is -4.13. The molecule has 0 saturated carbocycles. The second-order valence-electron chi connectivity index (χ2n) is 8.48. The van der Waals surface area contributed by atoms with Crippen LogP contribution < -0.4 is 10.6 Å². The van der Waals surface area contributed by atoms with Crippen molar-refractivity contribution >= 4 is 40.4 Å². The first-order valence-corrected chi connectivity index (χ1v) is 12.6. The van der Waals surface area contributed by atoms with Crippen LogP contribution in [0.3, 0.4) is 0 Å². The molecule has 0 aliphatic carbocycles. The van der Waals surface area contributed by atoms with Crippen LogP contribution >= 0.6 is 11.8 Å². The Kier molecular flexibility index (Phi) is 9.59. The summed E-state index contributed by atoms with van der Waals surface area (Å²) in [6.45, 7) is 0. The molecule has 0 aliphatic rings. The molecule has 3 rings (SSSR count). The number of anilines is 1. The summed E-state index contributed by atoms with van der Waals surface area (Å²) in [7, 11) is 0. The Morgan fingerprint density at radius 2 is 1.38 bits per heavy atom. The first-order valence-electron chi connectivity index (χ1n) is 11.6. The Balaban J connectivity index is 2.00. The highest BCUT2D eigenvalue weighted by atomic mass is 32.2. The van der Waals surface area contributed by atoms with E-state index in [1.807, 2.05) is 30.3 Å². The van der Waals surface area contributed by atoms with Crippen molar-refractivity contribution in [2.75, 3.05) is 10.7 Å². The van der Waals surface area contributed by atoms with Crippen molar-refractivity contribution in [3.63, 3.8) is 0 Å². The minimum Gasteiger partial charge on any atom is -0.481 e. The van der Waals surface area contributed by atoms with Crippen LogP contribution in [0, 0.1) is 5.92 Å². The second kappa shape index (κ2) is 12.8. The minimum absolute atomic E-state index is 0.0689. The number of carboxylic acid groups (broad SMARTS) is 2. The van der Waals surface area contributed by atoms with E-state index < -0.39 is 42.3 Å². The molecule has 37 heavy (non-hydrogen) atoms. The van der Waals surface area contributed by atoms with Gasteiger partial charge >= 0.3 is 11.9 Å². The normalized spacial score (nSPS) is 13.2. The first kappa shape index (κ1) is 27.6. The summed E-state index contributed by atoms with van der Waals surface area (Å²) in [4.78, 5) is 51.6. The molecular weight excluding hydrogens is 492 g/mol. The topological polar surface area (TPSA) is 138 Å². The van der Waals surface area contributed by atoms with Gasteiger partial charge in [-0.3, -0.25) is 25.0 Å². The lowest BCUT2D eigenvalue weighted by atomic mass is 9.95. The number of carbonyl (C=O) groups excluding carboxylic acids is 2. The zero-order valence-corrected chi connectivity index (χ0v) is 20.8. The molecule has 3 aromatic rings. The van der Waals surface area contributed by atoms with E-state index in [0.29, 0.717) is 5.56 Å². The van der Waals surface area contributed by atoms with E-state index in [9.17, 15) is 29.4 Å². The number of amides is 1. The van der Waals surface area contributed by atoms with Crippen molar-refractivity contribution in [1.82, 2.24) is 0 Å². The lowest BCUT2D eigenvalue weighted by Gasteiger charge is -2.39. The van der Waals surface area contributed by atoms with Gasteiger partial charge in [0.05, 0.1) is 5.92 Å². The van der Waals surface area contributed by atoms with E-state index >= 15 is 0 Å².